The van der Waals surface area contributed by atoms with Crippen LogP contribution in [0.15, 0.2) is 6.07 Å². The quantitative estimate of drug-likeness (QED) is 0.449. The lowest BCUT2D eigenvalue weighted by Gasteiger charge is -2.58. The number of aliphatic hydroxyl groups is 1. The van der Waals surface area contributed by atoms with Crippen LogP contribution in [0, 0.1) is 18.3 Å². The zero-order valence-corrected chi connectivity index (χ0v) is 23.2. The third kappa shape index (κ3) is 2.81. The van der Waals surface area contributed by atoms with Crippen LogP contribution in [-0.2, 0) is 25.4 Å². The molecule has 0 amide bonds. The van der Waals surface area contributed by atoms with E-state index in [0.717, 1.165) is 5.56 Å². The number of Topliss-reactive ketones (excluding diaryl/α,β-unsaturated/α-hetero) is 1. The van der Waals surface area contributed by atoms with E-state index in [1.165, 1.54) is 14.2 Å². The molecule has 2 N–H and O–H groups in total. The van der Waals surface area contributed by atoms with Crippen LogP contribution in [0.4, 0.5) is 0 Å². The molecule has 0 aromatic heterocycles. The molecule has 1 unspecified atom stereocenters. The van der Waals surface area contributed by atoms with Crippen molar-refractivity contribution in [2.24, 2.45) is 11.3 Å². The van der Waals surface area contributed by atoms with E-state index in [9.17, 15) is 15.0 Å². The minimum Gasteiger partial charge on any atom is -0.506 e. The van der Waals surface area contributed by atoms with Crippen molar-refractivity contribution >= 4 is 16.6 Å². The van der Waals surface area contributed by atoms with E-state index in [-0.39, 0.29) is 29.6 Å². The van der Waals surface area contributed by atoms with Gasteiger partial charge in [-0.25, -0.2) is 0 Å². The lowest BCUT2D eigenvalue weighted by Crippen LogP contribution is -2.75. The molecule has 2 saturated heterocycles. The monoisotopic (exact) mass is 528 g/mol. The van der Waals surface area contributed by atoms with E-state index in [1.54, 1.807) is 7.11 Å². The fourth-order valence-electron chi connectivity index (χ4n) is 7.15. The Balaban J connectivity index is 1.67. The number of benzene rings is 2. The average Bonchev–Trinajstić information content (AvgIpc) is 3.67. The van der Waals surface area contributed by atoms with Crippen molar-refractivity contribution in [1.82, 2.24) is 0 Å². The molecule has 206 valence electrons. The Labute approximate surface area is 221 Å². The van der Waals surface area contributed by atoms with Crippen LogP contribution in [0.25, 0.3) is 10.8 Å². The van der Waals surface area contributed by atoms with Gasteiger partial charge < -0.3 is 38.6 Å². The predicted octanol–water partition coefficient (Wildman–Crippen LogP) is 3.95. The number of methoxy groups -OCH3 is 3. The number of fused-ring (bicyclic) bond motifs is 8. The molecule has 4 aliphatic rings. The molecule has 0 radical (unpaired) electrons. The normalized spacial score (nSPS) is 34.7. The molecule has 6 rings (SSSR count). The predicted molar refractivity (Wildman–Crippen MR) is 137 cm³/mol. The number of aromatic hydroxyl groups is 1. The third-order valence-electron chi connectivity index (χ3n) is 9.66. The molecule has 2 aromatic rings. The first-order chi connectivity index (χ1) is 17.8. The molecule has 9 heteroatoms. The van der Waals surface area contributed by atoms with Crippen LogP contribution in [0.3, 0.4) is 0 Å². The zero-order valence-electron chi connectivity index (χ0n) is 23.2. The molecule has 3 heterocycles. The number of aryl methyl sites for hydroxylation is 1. The first-order valence-electron chi connectivity index (χ1n) is 13.1. The molecular formula is C29H36O9. The van der Waals surface area contributed by atoms with E-state index in [0.29, 0.717) is 46.2 Å². The lowest BCUT2D eigenvalue weighted by atomic mass is 9.65. The highest BCUT2D eigenvalue weighted by Gasteiger charge is 2.82. The van der Waals surface area contributed by atoms with Crippen LogP contribution in [0.5, 0.6) is 17.2 Å². The number of ether oxygens (including phenoxy) is 6. The van der Waals surface area contributed by atoms with Crippen molar-refractivity contribution in [3.63, 3.8) is 0 Å². The minimum atomic E-state index is -1.96. The molecule has 3 aliphatic heterocycles. The Kier molecular flexibility index (Phi) is 5.32. The first kappa shape index (κ1) is 25.8. The summed E-state index contributed by atoms with van der Waals surface area (Å²) in [6.45, 7) is 9.77. The van der Waals surface area contributed by atoms with Crippen molar-refractivity contribution < 1.29 is 43.4 Å². The highest BCUT2D eigenvalue weighted by Crippen LogP contribution is 2.66. The topological polar surface area (TPSA) is 116 Å². The number of epoxide rings is 1. The minimum absolute atomic E-state index is 0.117. The maximum atomic E-state index is 13.6. The van der Waals surface area contributed by atoms with Gasteiger partial charge in [0.2, 0.25) is 6.29 Å². The van der Waals surface area contributed by atoms with Crippen LogP contribution in [0.1, 0.15) is 67.3 Å². The van der Waals surface area contributed by atoms with Crippen molar-refractivity contribution in [3.8, 4) is 17.2 Å². The summed E-state index contributed by atoms with van der Waals surface area (Å²) in [6.07, 6.45) is -0.512. The summed E-state index contributed by atoms with van der Waals surface area (Å²) in [5, 5.41) is 24.8. The second-order valence-corrected chi connectivity index (χ2v) is 12.0. The summed E-state index contributed by atoms with van der Waals surface area (Å²) in [7, 11) is 4.44. The first-order valence-corrected chi connectivity index (χ1v) is 13.1. The molecule has 38 heavy (non-hydrogen) atoms. The molecule has 5 atom stereocenters. The van der Waals surface area contributed by atoms with Crippen molar-refractivity contribution in [3.05, 3.63) is 28.3 Å². The van der Waals surface area contributed by atoms with Gasteiger partial charge in [-0.05, 0) is 38.3 Å². The van der Waals surface area contributed by atoms with Crippen LogP contribution < -0.4 is 9.47 Å². The molecule has 1 aliphatic carbocycles. The highest BCUT2D eigenvalue weighted by molar-refractivity contribution is 6.13. The highest BCUT2D eigenvalue weighted by atomic mass is 16.8. The van der Waals surface area contributed by atoms with Gasteiger partial charge in [0, 0.05) is 42.1 Å². The Bertz CT molecular complexity index is 1370. The fraction of sp³-hybridized carbons (Fsp3) is 0.621. The largest absolute Gasteiger partial charge is 0.506 e. The number of carbonyl (C=O) groups is 1. The summed E-state index contributed by atoms with van der Waals surface area (Å²) < 4.78 is 36.1. The van der Waals surface area contributed by atoms with Gasteiger partial charge in [-0.3, -0.25) is 4.79 Å². The van der Waals surface area contributed by atoms with Gasteiger partial charge in [0.25, 0.3) is 5.79 Å². The van der Waals surface area contributed by atoms with Gasteiger partial charge in [-0.2, -0.15) is 0 Å². The van der Waals surface area contributed by atoms with Gasteiger partial charge in [-0.1, -0.05) is 20.8 Å². The summed E-state index contributed by atoms with van der Waals surface area (Å²) in [4.78, 5) is 13.6. The summed E-state index contributed by atoms with van der Waals surface area (Å²) >= 11 is 0. The van der Waals surface area contributed by atoms with Crippen molar-refractivity contribution in [1.29, 1.82) is 0 Å². The summed E-state index contributed by atoms with van der Waals surface area (Å²) in [6, 6.07) is 1.93. The number of carbonyl (C=O) groups excluding carboxylic acids is 1. The molecule has 9 nitrogen and oxygen atoms in total. The van der Waals surface area contributed by atoms with E-state index >= 15 is 0 Å². The Hall–Kier alpha value is -2.43. The van der Waals surface area contributed by atoms with Crippen molar-refractivity contribution in [2.45, 2.75) is 76.8 Å². The number of hydrogen-bond acceptors (Lipinski definition) is 9. The SMILES string of the molecule is COc1c2c(c(O)c3c4c(c(C)cc13)[C@@H]1O[C@](O)(C(OC)OC)[C@]3(CO3)[C@](C)(O4)C1C)C(=O)C(C)(C)CC2. The van der Waals surface area contributed by atoms with Crippen LogP contribution >= 0.6 is 0 Å². The van der Waals surface area contributed by atoms with Gasteiger partial charge in [0.05, 0.1) is 30.8 Å². The molecule has 2 fully saturated rings. The Morgan fingerprint density at radius 2 is 1.82 bits per heavy atom. The third-order valence-corrected chi connectivity index (χ3v) is 9.66. The number of phenols is 1. The number of ketones is 1. The zero-order chi connectivity index (χ0) is 27.6. The lowest BCUT2D eigenvalue weighted by molar-refractivity contribution is -0.414. The second-order valence-electron chi connectivity index (χ2n) is 12.0. The maximum absolute atomic E-state index is 13.6. The molecular weight excluding hydrogens is 492 g/mol. The van der Waals surface area contributed by atoms with Gasteiger partial charge in [0.1, 0.15) is 22.8 Å². The molecule has 2 bridgehead atoms. The van der Waals surface area contributed by atoms with Crippen molar-refractivity contribution in [2.75, 3.05) is 27.9 Å². The maximum Gasteiger partial charge on any atom is 0.255 e. The smallest absolute Gasteiger partial charge is 0.255 e. The summed E-state index contributed by atoms with van der Waals surface area (Å²) in [5.41, 5.74) is -0.476. The Morgan fingerprint density at radius 1 is 1.16 bits per heavy atom. The number of rotatable bonds is 4. The molecule has 1 spiro atoms. The molecule has 0 saturated carbocycles. The van der Waals surface area contributed by atoms with E-state index in [1.807, 2.05) is 40.7 Å². The number of phenolic OH excluding ortho intramolecular Hbond substituents is 1. The standard InChI is InChI=1S/C29H36O9/c1-13-11-16-18(20(30)19-15(22(16)33-6)9-10-26(3,4)24(19)31)23-17(13)21-14(2)27(5,37-23)28(12-36-28)29(32,38-21)25(34-7)35-8/h11,14,21,25,30,32H,9-10,12H2,1-8H3/t14?,21-,27-,28+,29-/m1/s1. The average molecular weight is 529 g/mol. The van der Waals surface area contributed by atoms with Crippen LogP contribution in [-0.4, -0.2) is 67.2 Å². The summed E-state index contributed by atoms with van der Waals surface area (Å²) in [5.74, 6) is -1.48. The van der Waals surface area contributed by atoms with E-state index in [2.05, 4.69) is 0 Å². The van der Waals surface area contributed by atoms with Gasteiger partial charge in [-0.15, -0.1) is 0 Å². The van der Waals surface area contributed by atoms with Gasteiger partial charge in [0.15, 0.2) is 11.4 Å². The number of hydrogen-bond donors (Lipinski definition) is 2. The van der Waals surface area contributed by atoms with E-state index < -0.39 is 34.8 Å². The fourth-order valence-corrected chi connectivity index (χ4v) is 7.15. The Morgan fingerprint density at radius 3 is 2.39 bits per heavy atom. The second kappa shape index (κ2) is 7.82. The molecule has 2 aromatic carbocycles. The van der Waals surface area contributed by atoms with Gasteiger partial charge >= 0.3 is 0 Å². The van der Waals surface area contributed by atoms with E-state index in [4.69, 9.17) is 28.4 Å². The van der Waals surface area contributed by atoms with Crippen LogP contribution in [0.2, 0.25) is 0 Å².